The second-order valence-corrected chi connectivity index (χ2v) is 3.36. The molecule has 12 heavy (non-hydrogen) atoms. The molecule has 0 aliphatic rings. The molecule has 1 rings (SSSR count). The van der Waals surface area contributed by atoms with Gasteiger partial charge in [-0.05, 0) is 23.7 Å². The first-order chi connectivity index (χ1) is 5.55. The topological polar surface area (TPSA) is 89.0 Å². The second kappa shape index (κ2) is 3.00. The Balaban J connectivity index is 3.43. The number of hydrogen-bond acceptors (Lipinski definition) is 3. The first-order valence-corrected chi connectivity index (χ1v) is 4.32. The van der Waals surface area contributed by atoms with Gasteiger partial charge in [0.2, 0.25) is 0 Å². The van der Waals surface area contributed by atoms with E-state index in [1.54, 1.807) is 0 Å². The Bertz CT molecular complexity index is 399. The van der Waals surface area contributed by atoms with E-state index >= 15 is 0 Å². The van der Waals surface area contributed by atoms with E-state index in [0.717, 1.165) is 6.07 Å². The van der Waals surface area contributed by atoms with Gasteiger partial charge in [0.15, 0.2) is 0 Å². The second-order valence-electron chi connectivity index (χ2n) is 1.97. The summed E-state index contributed by atoms with van der Waals surface area (Å²) in [5.41, 5.74) is 8.11. The molecule has 0 fully saturated rings. The average molecular weight is 184 g/mol. The van der Waals surface area contributed by atoms with Crippen LogP contribution in [0.1, 0.15) is 0 Å². The van der Waals surface area contributed by atoms with Gasteiger partial charge in [-0.3, -0.25) is 4.55 Å². The van der Waals surface area contributed by atoms with Gasteiger partial charge in [-0.1, -0.05) is 6.07 Å². The summed E-state index contributed by atoms with van der Waals surface area (Å²) in [4.78, 5) is -0.465. The third-order valence-electron chi connectivity index (χ3n) is 1.19. The van der Waals surface area contributed by atoms with E-state index < -0.39 is 15.0 Å². The van der Waals surface area contributed by atoms with E-state index in [9.17, 15) is 8.42 Å². The molecule has 0 aliphatic carbocycles. The molecule has 0 atom stereocenters. The van der Waals surface area contributed by atoms with Crippen molar-refractivity contribution in [3.05, 3.63) is 24.3 Å². The minimum absolute atomic E-state index is 0.212. The van der Waals surface area contributed by atoms with Crippen LogP contribution in [0.3, 0.4) is 0 Å². The quantitative estimate of drug-likeness (QED) is 0.539. The fourth-order valence-corrected chi connectivity index (χ4v) is 1.29. The fraction of sp³-hybridized carbons (Fsp3) is 0. The van der Waals surface area contributed by atoms with E-state index in [0.29, 0.717) is 0 Å². The zero-order valence-corrected chi connectivity index (χ0v) is 6.61. The molecule has 0 amide bonds. The molecule has 1 aromatic carbocycles. The fourth-order valence-electron chi connectivity index (χ4n) is 0.696. The van der Waals surface area contributed by atoms with Crippen molar-refractivity contribution in [3.63, 3.8) is 0 Å². The van der Waals surface area contributed by atoms with Crippen molar-refractivity contribution in [2.24, 2.45) is 5.11 Å². The minimum Gasteiger partial charge on any atom is -0.282 e. The van der Waals surface area contributed by atoms with Gasteiger partial charge in [-0.25, -0.2) is 0 Å². The van der Waals surface area contributed by atoms with Gasteiger partial charge in [0.25, 0.3) is 10.1 Å². The van der Waals surface area contributed by atoms with Crippen LogP contribution in [-0.4, -0.2) is 13.0 Å². The molecule has 62 valence electrons. The van der Waals surface area contributed by atoms with Crippen LogP contribution in [-0.2, 0) is 10.1 Å². The van der Waals surface area contributed by atoms with Crippen molar-refractivity contribution < 1.29 is 13.0 Å². The highest BCUT2D eigenvalue weighted by Crippen LogP contribution is 2.21. The third-order valence-corrected chi connectivity index (χ3v) is 2.07. The smallest absolute Gasteiger partial charge is 0.282 e. The lowest BCUT2D eigenvalue weighted by atomic mass is 10.3. The highest BCUT2D eigenvalue weighted by molar-refractivity contribution is 7.86. The molecule has 0 saturated carbocycles. The SMILES string of the molecule is [N]=Nc1cc[c]cc1S(=O)(=O)O. The average Bonchev–Trinajstić information content (AvgIpc) is 2.03. The molecular formula is C6H4N2O3S. The van der Waals surface area contributed by atoms with Crippen LogP contribution in [0.15, 0.2) is 28.2 Å². The van der Waals surface area contributed by atoms with E-state index in [1.807, 2.05) is 0 Å². The maximum Gasteiger partial charge on any atom is 0.296 e. The molecule has 2 radical (unpaired) electrons. The molecule has 0 spiro atoms. The van der Waals surface area contributed by atoms with Gasteiger partial charge in [-0.15, -0.1) is 5.11 Å². The van der Waals surface area contributed by atoms with Crippen LogP contribution in [0.25, 0.3) is 0 Å². The lowest BCUT2D eigenvalue weighted by Crippen LogP contribution is -1.97. The molecule has 0 bridgehead atoms. The third kappa shape index (κ3) is 1.66. The largest absolute Gasteiger partial charge is 0.296 e. The Hall–Kier alpha value is -1.27. The number of rotatable bonds is 2. The summed E-state index contributed by atoms with van der Waals surface area (Å²) < 4.78 is 29.7. The molecule has 0 heterocycles. The standard InChI is InChI=1S/C6H4N2O3S/c7-8-5-3-1-2-4-6(5)12(9,10)11/h1,3-4H,(H,9,10,11). The van der Waals surface area contributed by atoms with Crippen LogP contribution in [0.4, 0.5) is 5.69 Å². The molecule has 1 N–H and O–H groups in total. The van der Waals surface area contributed by atoms with E-state index in [1.165, 1.54) is 12.1 Å². The first-order valence-electron chi connectivity index (χ1n) is 2.88. The first kappa shape index (κ1) is 8.82. The summed E-state index contributed by atoms with van der Waals surface area (Å²) >= 11 is 0. The van der Waals surface area contributed by atoms with Crippen molar-refractivity contribution in [1.29, 1.82) is 0 Å². The van der Waals surface area contributed by atoms with E-state index in [-0.39, 0.29) is 5.69 Å². The maximum absolute atomic E-state index is 10.6. The van der Waals surface area contributed by atoms with Gasteiger partial charge in [-0.2, -0.15) is 8.42 Å². The van der Waals surface area contributed by atoms with Crippen LogP contribution >= 0.6 is 0 Å². The number of nitrogens with zero attached hydrogens (tertiary/aromatic N) is 2. The van der Waals surface area contributed by atoms with Crippen molar-refractivity contribution >= 4 is 15.8 Å². The zero-order chi connectivity index (χ0) is 9.19. The molecule has 1 aromatic rings. The van der Waals surface area contributed by atoms with Gasteiger partial charge < -0.3 is 0 Å². The molecule has 0 saturated heterocycles. The van der Waals surface area contributed by atoms with Crippen molar-refractivity contribution in [1.82, 2.24) is 5.53 Å². The molecule has 6 heteroatoms. The summed E-state index contributed by atoms with van der Waals surface area (Å²) in [6.45, 7) is 0. The van der Waals surface area contributed by atoms with Gasteiger partial charge in [0.1, 0.15) is 10.6 Å². The predicted octanol–water partition coefficient (Wildman–Crippen LogP) is 0.617. The van der Waals surface area contributed by atoms with E-state index in [2.05, 4.69) is 11.2 Å². The van der Waals surface area contributed by atoms with Crippen molar-refractivity contribution in [2.45, 2.75) is 4.90 Å². The van der Waals surface area contributed by atoms with Gasteiger partial charge >= 0.3 is 0 Å². The Morgan fingerprint density at radius 2 is 2.25 bits per heavy atom. The lowest BCUT2D eigenvalue weighted by Gasteiger charge is -1.97. The van der Waals surface area contributed by atoms with E-state index in [4.69, 9.17) is 10.1 Å². The minimum atomic E-state index is -4.33. The highest BCUT2D eigenvalue weighted by atomic mass is 32.2. The Morgan fingerprint density at radius 3 is 2.67 bits per heavy atom. The summed E-state index contributed by atoms with van der Waals surface area (Å²) in [5.74, 6) is 0. The molecule has 0 aromatic heterocycles. The molecule has 0 aliphatic heterocycles. The summed E-state index contributed by atoms with van der Waals surface area (Å²) in [6, 6.07) is 6.03. The van der Waals surface area contributed by atoms with Crippen molar-refractivity contribution in [3.8, 4) is 0 Å². The van der Waals surface area contributed by atoms with Crippen LogP contribution < -0.4 is 5.53 Å². The number of hydrogen-bond donors (Lipinski definition) is 1. The van der Waals surface area contributed by atoms with Crippen LogP contribution in [0.2, 0.25) is 0 Å². The zero-order valence-electron chi connectivity index (χ0n) is 5.80. The molecule has 0 unspecified atom stereocenters. The molecular weight excluding hydrogens is 180 g/mol. The van der Waals surface area contributed by atoms with Crippen LogP contribution in [0, 0.1) is 6.07 Å². The van der Waals surface area contributed by atoms with Gasteiger partial charge in [0, 0.05) is 0 Å². The van der Waals surface area contributed by atoms with Crippen molar-refractivity contribution in [2.75, 3.05) is 0 Å². The Morgan fingerprint density at radius 1 is 1.58 bits per heavy atom. The van der Waals surface area contributed by atoms with Gasteiger partial charge in [0.05, 0.1) is 0 Å². The predicted molar refractivity (Wildman–Crippen MR) is 39.3 cm³/mol. The summed E-state index contributed by atoms with van der Waals surface area (Å²) in [7, 11) is -4.33. The summed E-state index contributed by atoms with van der Waals surface area (Å²) in [5, 5.41) is 2.68. The number of benzene rings is 1. The summed E-state index contributed by atoms with van der Waals surface area (Å²) in [6.07, 6.45) is 0. The Kier molecular flexibility index (Phi) is 2.20. The maximum atomic E-state index is 10.6. The normalized spacial score (nSPS) is 11.1. The molecule has 5 nitrogen and oxygen atoms in total. The highest BCUT2D eigenvalue weighted by Gasteiger charge is 2.13. The van der Waals surface area contributed by atoms with Crippen LogP contribution in [0.5, 0.6) is 0 Å². The monoisotopic (exact) mass is 184 g/mol. The lowest BCUT2D eigenvalue weighted by molar-refractivity contribution is 0.483. The Labute approximate surface area is 69.3 Å².